The molecule has 2 amide bonds. The van der Waals surface area contributed by atoms with E-state index in [-0.39, 0.29) is 24.2 Å². The van der Waals surface area contributed by atoms with Crippen molar-refractivity contribution in [2.45, 2.75) is 6.42 Å². The third-order valence-corrected chi connectivity index (χ3v) is 4.75. The van der Waals surface area contributed by atoms with Crippen LogP contribution in [0, 0.1) is 5.82 Å². The lowest BCUT2D eigenvalue weighted by molar-refractivity contribution is -0.121. The zero-order valence-electron chi connectivity index (χ0n) is 12.5. The van der Waals surface area contributed by atoms with Gasteiger partial charge in [-0.25, -0.2) is 4.39 Å². The minimum absolute atomic E-state index is 0.0164. The van der Waals surface area contributed by atoms with Crippen molar-refractivity contribution >= 4 is 39.1 Å². The summed E-state index contributed by atoms with van der Waals surface area (Å²) in [7, 11) is 1.59. The van der Waals surface area contributed by atoms with E-state index in [0.717, 1.165) is 9.35 Å². The first kappa shape index (κ1) is 17.6. The summed E-state index contributed by atoms with van der Waals surface area (Å²) >= 11 is 4.63. The number of halogens is 2. The Hall–Kier alpha value is -1.73. The molecule has 23 heavy (non-hydrogen) atoms. The van der Waals surface area contributed by atoms with E-state index >= 15 is 0 Å². The molecule has 0 aliphatic rings. The molecular formula is C16H16BrFN2O2S. The number of carbonyl (C=O) groups is 2. The van der Waals surface area contributed by atoms with Crippen LogP contribution in [0.3, 0.4) is 0 Å². The number of benzene rings is 1. The van der Waals surface area contributed by atoms with Gasteiger partial charge in [0.25, 0.3) is 5.91 Å². The molecule has 4 nitrogen and oxygen atoms in total. The summed E-state index contributed by atoms with van der Waals surface area (Å²) in [6, 6.07) is 9.78. The van der Waals surface area contributed by atoms with Gasteiger partial charge in [-0.1, -0.05) is 12.1 Å². The number of nitrogens with one attached hydrogen (secondary N) is 1. The van der Waals surface area contributed by atoms with Crippen LogP contribution in [0.4, 0.5) is 4.39 Å². The zero-order valence-corrected chi connectivity index (χ0v) is 14.9. The molecule has 0 fully saturated rings. The SMILES string of the molecule is CN(CC(=O)NCCc1cccc(F)c1)C(=O)c1ccc(Br)s1. The highest BCUT2D eigenvalue weighted by molar-refractivity contribution is 9.11. The van der Waals surface area contributed by atoms with Gasteiger partial charge in [-0.2, -0.15) is 0 Å². The number of hydrogen-bond donors (Lipinski definition) is 1. The molecule has 1 aromatic heterocycles. The number of hydrogen-bond acceptors (Lipinski definition) is 3. The maximum atomic E-state index is 13.0. The van der Waals surface area contributed by atoms with Crippen molar-refractivity contribution in [3.05, 3.63) is 56.4 Å². The van der Waals surface area contributed by atoms with E-state index in [1.165, 1.54) is 28.4 Å². The molecule has 1 aromatic carbocycles. The van der Waals surface area contributed by atoms with Crippen LogP contribution in [-0.2, 0) is 11.2 Å². The second kappa shape index (κ2) is 8.21. The first-order valence-electron chi connectivity index (χ1n) is 6.97. The molecule has 122 valence electrons. The number of rotatable bonds is 6. The second-order valence-corrected chi connectivity index (χ2v) is 7.46. The van der Waals surface area contributed by atoms with Crippen LogP contribution in [0.5, 0.6) is 0 Å². The Morgan fingerprint density at radius 2 is 2.09 bits per heavy atom. The Kier molecular flexibility index (Phi) is 6.29. The lowest BCUT2D eigenvalue weighted by Gasteiger charge is -2.15. The molecule has 0 unspecified atom stereocenters. The monoisotopic (exact) mass is 398 g/mol. The maximum absolute atomic E-state index is 13.0. The Morgan fingerprint density at radius 1 is 1.30 bits per heavy atom. The smallest absolute Gasteiger partial charge is 0.264 e. The highest BCUT2D eigenvalue weighted by atomic mass is 79.9. The van der Waals surface area contributed by atoms with Crippen LogP contribution < -0.4 is 5.32 Å². The van der Waals surface area contributed by atoms with Crippen molar-refractivity contribution < 1.29 is 14.0 Å². The predicted octanol–water partition coefficient (Wildman–Crippen LogP) is 3.08. The summed E-state index contributed by atoms with van der Waals surface area (Å²) in [6.45, 7) is 0.381. The molecule has 0 saturated carbocycles. The van der Waals surface area contributed by atoms with E-state index in [1.54, 1.807) is 31.3 Å². The first-order valence-corrected chi connectivity index (χ1v) is 8.58. The average Bonchev–Trinajstić information content (AvgIpc) is 2.93. The Labute approximate surface area is 146 Å². The minimum Gasteiger partial charge on any atom is -0.354 e. The molecule has 1 N–H and O–H groups in total. The number of nitrogens with zero attached hydrogens (tertiary/aromatic N) is 1. The lowest BCUT2D eigenvalue weighted by atomic mass is 10.1. The van der Waals surface area contributed by atoms with Gasteiger partial charge in [-0.3, -0.25) is 9.59 Å². The van der Waals surface area contributed by atoms with Crippen molar-refractivity contribution in [1.82, 2.24) is 10.2 Å². The molecule has 0 atom stereocenters. The van der Waals surface area contributed by atoms with Crippen LogP contribution in [-0.4, -0.2) is 36.9 Å². The van der Waals surface area contributed by atoms with Gasteiger partial charge in [0.1, 0.15) is 5.82 Å². The molecule has 2 aromatic rings. The fourth-order valence-electron chi connectivity index (χ4n) is 2.00. The van der Waals surface area contributed by atoms with Gasteiger partial charge in [0.2, 0.25) is 5.91 Å². The van der Waals surface area contributed by atoms with Crippen molar-refractivity contribution in [2.75, 3.05) is 20.1 Å². The number of carbonyl (C=O) groups excluding carboxylic acids is 2. The van der Waals surface area contributed by atoms with E-state index in [1.807, 2.05) is 0 Å². The molecule has 0 aliphatic heterocycles. The normalized spacial score (nSPS) is 10.4. The van der Waals surface area contributed by atoms with Crippen molar-refractivity contribution in [2.24, 2.45) is 0 Å². The van der Waals surface area contributed by atoms with E-state index < -0.39 is 0 Å². The summed E-state index contributed by atoms with van der Waals surface area (Å²) in [5.74, 6) is -0.727. The van der Waals surface area contributed by atoms with Gasteiger partial charge in [0, 0.05) is 13.6 Å². The van der Waals surface area contributed by atoms with Crippen LogP contribution >= 0.6 is 27.3 Å². The number of amides is 2. The molecule has 0 aliphatic carbocycles. The fourth-order valence-corrected chi connectivity index (χ4v) is 3.38. The minimum atomic E-state index is -0.290. The van der Waals surface area contributed by atoms with Crippen molar-refractivity contribution in [3.63, 3.8) is 0 Å². The van der Waals surface area contributed by atoms with Gasteiger partial charge < -0.3 is 10.2 Å². The van der Waals surface area contributed by atoms with Gasteiger partial charge >= 0.3 is 0 Å². The highest BCUT2D eigenvalue weighted by Gasteiger charge is 2.16. The summed E-state index contributed by atoms with van der Waals surface area (Å²) in [4.78, 5) is 25.9. The lowest BCUT2D eigenvalue weighted by Crippen LogP contribution is -2.38. The van der Waals surface area contributed by atoms with Crippen LogP contribution in [0.25, 0.3) is 0 Å². The Balaban J connectivity index is 1.77. The molecule has 2 rings (SSSR count). The van der Waals surface area contributed by atoms with Crippen molar-refractivity contribution in [1.29, 1.82) is 0 Å². The largest absolute Gasteiger partial charge is 0.354 e. The summed E-state index contributed by atoms with van der Waals surface area (Å²) in [5.41, 5.74) is 0.818. The first-order chi connectivity index (χ1) is 11.0. The van der Waals surface area contributed by atoms with Crippen LogP contribution in [0.1, 0.15) is 15.2 Å². The number of thiophene rings is 1. The molecular weight excluding hydrogens is 383 g/mol. The third-order valence-electron chi connectivity index (χ3n) is 3.14. The quantitative estimate of drug-likeness (QED) is 0.812. The van der Waals surface area contributed by atoms with Crippen LogP contribution in [0.2, 0.25) is 0 Å². The molecule has 0 saturated heterocycles. The zero-order chi connectivity index (χ0) is 16.8. The summed E-state index contributed by atoms with van der Waals surface area (Å²) in [5, 5.41) is 2.73. The van der Waals surface area contributed by atoms with E-state index in [4.69, 9.17) is 0 Å². The maximum Gasteiger partial charge on any atom is 0.264 e. The van der Waals surface area contributed by atoms with Gasteiger partial charge in [-0.15, -0.1) is 11.3 Å². The molecule has 0 bridgehead atoms. The Morgan fingerprint density at radius 3 is 2.74 bits per heavy atom. The van der Waals surface area contributed by atoms with E-state index in [2.05, 4.69) is 21.2 Å². The molecule has 0 radical (unpaired) electrons. The van der Waals surface area contributed by atoms with Gasteiger partial charge in [-0.05, 0) is 52.2 Å². The topological polar surface area (TPSA) is 49.4 Å². The number of likely N-dealkylation sites (N-methyl/N-ethyl adjacent to an activating group) is 1. The third kappa shape index (κ3) is 5.44. The van der Waals surface area contributed by atoms with E-state index in [0.29, 0.717) is 17.8 Å². The fraction of sp³-hybridized carbons (Fsp3) is 0.250. The highest BCUT2D eigenvalue weighted by Crippen LogP contribution is 2.22. The summed E-state index contributed by atoms with van der Waals surface area (Å²) in [6.07, 6.45) is 0.541. The molecule has 1 heterocycles. The molecule has 7 heteroatoms. The predicted molar refractivity (Wildman–Crippen MR) is 92.1 cm³/mol. The van der Waals surface area contributed by atoms with Crippen molar-refractivity contribution in [3.8, 4) is 0 Å². The Bertz CT molecular complexity index is 705. The van der Waals surface area contributed by atoms with Crippen LogP contribution in [0.15, 0.2) is 40.2 Å². The molecule has 0 spiro atoms. The average molecular weight is 399 g/mol. The summed E-state index contributed by atoms with van der Waals surface area (Å²) < 4.78 is 13.9. The van der Waals surface area contributed by atoms with E-state index in [9.17, 15) is 14.0 Å². The standard InChI is InChI=1S/C16H16BrFN2O2S/c1-20(16(22)13-5-6-14(17)23-13)10-15(21)19-8-7-11-3-2-4-12(18)9-11/h2-6,9H,7-8,10H2,1H3,(H,19,21). The second-order valence-electron chi connectivity index (χ2n) is 4.99. The van der Waals surface area contributed by atoms with Gasteiger partial charge in [0.15, 0.2) is 0 Å². The van der Waals surface area contributed by atoms with Gasteiger partial charge in [0.05, 0.1) is 15.2 Å².